The van der Waals surface area contributed by atoms with Crippen LogP contribution in [0.3, 0.4) is 0 Å². The van der Waals surface area contributed by atoms with E-state index in [1.165, 1.54) is 12.4 Å². The van der Waals surface area contributed by atoms with E-state index in [1.54, 1.807) is 0 Å². The Labute approximate surface area is 208 Å². The fraction of sp³-hybridized carbons (Fsp3) is 0.143. The van der Waals surface area contributed by atoms with Crippen molar-refractivity contribution in [1.29, 1.82) is 0 Å². The zero-order valence-electron chi connectivity index (χ0n) is 20.0. The van der Waals surface area contributed by atoms with Crippen molar-refractivity contribution in [2.75, 3.05) is 13.2 Å². The second-order valence-electron chi connectivity index (χ2n) is 7.66. The van der Waals surface area contributed by atoms with Crippen LogP contribution in [0, 0.1) is 0 Å². The van der Waals surface area contributed by atoms with Crippen molar-refractivity contribution in [1.82, 2.24) is 10.9 Å². The van der Waals surface area contributed by atoms with Gasteiger partial charge in [-0.05, 0) is 47.5 Å². The molecule has 0 unspecified atom stereocenters. The molecule has 0 aliphatic heterocycles. The van der Waals surface area contributed by atoms with Gasteiger partial charge in [-0.25, -0.2) is 10.9 Å². The Balaban J connectivity index is 1.46. The summed E-state index contributed by atoms with van der Waals surface area (Å²) in [5.74, 6) is -0.652. The molecule has 0 atom stereocenters. The Morgan fingerprint density at radius 1 is 0.667 bits per heavy atom. The van der Waals surface area contributed by atoms with E-state index >= 15 is 0 Å². The van der Waals surface area contributed by atoms with Crippen molar-refractivity contribution in [3.63, 3.8) is 0 Å². The van der Waals surface area contributed by atoms with Crippen molar-refractivity contribution in [2.45, 2.75) is 13.8 Å². The summed E-state index contributed by atoms with van der Waals surface area (Å²) >= 11 is 0. The lowest BCUT2D eigenvalue weighted by atomic mass is 10.0. The quantitative estimate of drug-likeness (QED) is 0.221. The predicted molar refractivity (Wildman–Crippen MR) is 142 cm³/mol. The monoisotopic (exact) mass is 482 g/mol. The van der Waals surface area contributed by atoms with Crippen molar-refractivity contribution in [3.05, 3.63) is 83.9 Å². The number of rotatable bonds is 8. The first-order valence-electron chi connectivity index (χ1n) is 11.6. The highest BCUT2D eigenvalue weighted by molar-refractivity contribution is 6.35. The van der Waals surface area contributed by atoms with Gasteiger partial charge in [0.15, 0.2) is 0 Å². The van der Waals surface area contributed by atoms with Crippen molar-refractivity contribution in [3.8, 4) is 11.5 Å². The Morgan fingerprint density at radius 3 is 1.50 bits per heavy atom. The molecule has 0 fully saturated rings. The number of carbonyl (C=O) groups is 2. The number of amides is 2. The number of hydrogen-bond acceptors (Lipinski definition) is 6. The van der Waals surface area contributed by atoms with E-state index < -0.39 is 11.8 Å². The van der Waals surface area contributed by atoms with Crippen LogP contribution in [0.15, 0.2) is 83.0 Å². The van der Waals surface area contributed by atoms with E-state index in [4.69, 9.17) is 9.47 Å². The summed E-state index contributed by atoms with van der Waals surface area (Å²) < 4.78 is 11.4. The summed E-state index contributed by atoms with van der Waals surface area (Å²) in [5, 5.41) is 11.8. The van der Waals surface area contributed by atoms with E-state index in [1.807, 2.05) is 86.6 Å². The summed E-state index contributed by atoms with van der Waals surface area (Å²) in [6.07, 6.45) is 2.93. The third-order valence-corrected chi connectivity index (χ3v) is 5.39. The van der Waals surface area contributed by atoms with Gasteiger partial charge in [0.25, 0.3) is 0 Å². The van der Waals surface area contributed by atoms with Gasteiger partial charge < -0.3 is 9.47 Å². The van der Waals surface area contributed by atoms with Gasteiger partial charge >= 0.3 is 11.8 Å². The molecule has 0 saturated heterocycles. The first-order chi connectivity index (χ1) is 17.6. The molecule has 0 aromatic heterocycles. The largest absolute Gasteiger partial charge is 0.493 e. The topological polar surface area (TPSA) is 101 Å². The molecular weight excluding hydrogens is 456 g/mol. The summed E-state index contributed by atoms with van der Waals surface area (Å²) in [7, 11) is 0. The van der Waals surface area contributed by atoms with Crippen LogP contribution in [0.1, 0.15) is 25.0 Å². The van der Waals surface area contributed by atoms with E-state index in [2.05, 4.69) is 21.1 Å². The molecule has 8 heteroatoms. The van der Waals surface area contributed by atoms with E-state index in [0.717, 1.165) is 21.5 Å². The fourth-order valence-electron chi connectivity index (χ4n) is 3.79. The molecule has 0 spiro atoms. The van der Waals surface area contributed by atoms with Crippen LogP contribution >= 0.6 is 0 Å². The molecule has 182 valence electrons. The Kier molecular flexibility index (Phi) is 7.87. The summed E-state index contributed by atoms with van der Waals surface area (Å²) in [6, 6.07) is 23.1. The zero-order valence-corrected chi connectivity index (χ0v) is 20.0. The zero-order chi connectivity index (χ0) is 25.3. The maximum absolute atomic E-state index is 12.3. The average Bonchev–Trinajstić information content (AvgIpc) is 2.90. The van der Waals surface area contributed by atoms with Gasteiger partial charge in [0.2, 0.25) is 0 Å². The predicted octanol–water partition coefficient (Wildman–Crippen LogP) is 4.39. The second-order valence-corrected chi connectivity index (χ2v) is 7.66. The summed E-state index contributed by atoms with van der Waals surface area (Å²) in [5.41, 5.74) is 5.88. The van der Waals surface area contributed by atoms with Crippen molar-refractivity contribution < 1.29 is 19.1 Å². The highest BCUT2D eigenvalue weighted by Gasteiger charge is 2.13. The molecular formula is C28H26N4O4. The molecule has 0 saturated carbocycles. The minimum absolute atomic E-state index is 0.480. The van der Waals surface area contributed by atoms with Gasteiger partial charge in [-0.15, -0.1) is 0 Å². The molecule has 4 aromatic carbocycles. The highest BCUT2D eigenvalue weighted by Crippen LogP contribution is 2.27. The van der Waals surface area contributed by atoms with Crippen LogP contribution in [0.2, 0.25) is 0 Å². The molecule has 0 radical (unpaired) electrons. The fourth-order valence-corrected chi connectivity index (χ4v) is 3.79. The molecule has 4 rings (SSSR count). The molecule has 0 aliphatic carbocycles. The maximum atomic E-state index is 12.3. The molecule has 2 amide bonds. The van der Waals surface area contributed by atoms with E-state index in [0.29, 0.717) is 35.8 Å². The molecule has 4 aromatic rings. The Bertz CT molecular complexity index is 1350. The Hall–Kier alpha value is -4.72. The maximum Gasteiger partial charge on any atom is 0.331 e. The normalized spacial score (nSPS) is 11.3. The standard InChI is InChI=1S/C28H26N4O4/c1-3-35-25-15-13-19-9-5-7-11-21(19)23(25)17-29-31-27(33)28(34)32-30-18-24-22-12-8-6-10-20(22)14-16-26(24)36-4-2/h5-18H,3-4H2,1-2H3,(H,31,33)(H,32,34)/b29-17-,30-18+. The van der Waals surface area contributed by atoms with Crippen LogP contribution < -0.4 is 20.3 Å². The molecule has 0 heterocycles. The van der Waals surface area contributed by atoms with Gasteiger partial charge in [-0.3, -0.25) is 9.59 Å². The third-order valence-electron chi connectivity index (χ3n) is 5.39. The number of carbonyl (C=O) groups excluding carboxylic acids is 2. The number of nitrogens with one attached hydrogen (secondary N) is 2. The van der Waals surface area contributed by atoms with Crippen molar-refractivity contribution >= 4 is 45.8 Å². The van der Waals surface area contributed by atoms with E-state index in [9.17, 15) is 9.59 Å². The van der Waals surface area contributed by atoms with Gasteiger partial charge in [-0.1, -0.05) is 60.7 Å². The number of benzene rings is 4. The highest BCUT2D eigenvalue weighted by atomic mass is 16.5. The lowest BCUT2D eigenvalue weighted by Crippen LogP contribution is -2.35. The lowest BCUT2D eigenvalue weighted by molar-refractivity contribution is -0.139. The molecule has 2 N–H and O–H groups in total. The second kappa shape index (κ2) is 11.6. The molecule has 0 aliphatic rings. The first kappa shape index (κ1) is 24.4. The van der Waals surface area contributed by atoms with Crippen LogP contribution in [0.25, 0.3) is 21.5 Å². The van der Waals surface area contributed by atoms with Crippen LogP contribution in [0.5, 0.6) is 11.5 Å². The van der Waals surface area contributed by atoms with Gasteiger partial charge in [0.05, 0.1) is 25.6 Å². The molecule has 8 nitrogen and oxygen atoms in total. The van der Waals surface area contributed by atoms with Gasteiger partial charge in [0.1, 0.15) is 11.5 Å². The Morgan fingerprint density at radius 2 is 1.08 bits per heavy atom. The van der Waals surface area contributed by atoms with Gasteiger partial charge in [-0.2, -0.15) is 10.2 Å². The van der Waals surface area contributed by atoms with Crippen LogP contribution in [-0.4, -0.2) is 37.5 Å². The van der Waals surface area contributed by atoms with Gasteiger partial charge in [0, 0.05) is 11.1 Å². The van der Waals surface area contributed by atoms with E-state index in [-0.39, 0.29) is 0 Å². The lowest BCUT2D eigenvalue weighted by Gasteiger charge is -2.10. The number of ether oxygens (including phenoxy) is 2. The minimum Gasteiger partial charge on any atom is -0.493 e. The minimum atomic E-state index is -0.954. The number of nitrogens with zero attached hydrogens (tertiary/aromatic N) is 2. The number of hydrogen-bond donors (Lipinski definition) is 2. The summed E-state index contributed by atoms with van der Waals surface area (Å²) in [4.78, 5) is 24.5. The summed E-state index contributed by atoms with van der Waals surface area (Å²) in [6.45, 7) is 4.73. The molecule has 36 heavy (non-hydrogen) atoms. The van der Waals surface area contributed by atoms with Crippen LogP contribution in [0.4, 0.5) is 0 Å². The smallest absolute Gasteiger partial charge is 0.331 e. The van der Waals surface area contributed by atoms with Crippen LogP contribution in [-0.2, 0) is 9.59 Å². The SMILES string of the molecule is CCOc1ccc2ccccc2c1/C=N\NC(=O)C(=O)N/N=C/c1c(OCC)ccc2ccccc12. The van der Waals surface area contributed by atoms with Crippen molar-refractivity contribution in [2.24, 2.45) is 10.2 Å². The first-order valence-corrected chi connectivity index (χ1v) is 11.6. The number of hydrazone groups is 2. The number of fused-ring (bicyclic) bond motifs is 2. The molecule has 0 bridgehead atoms. The third kappa shape index (κ3) is 5.50. The average molecular weight is 483 g/mol.